The molecule has 112 valence electrons. The second kappa shape index (κ2) is 7.70. The molecule has 5 nitrogen and oxygen atoms in total. The van der Waals surface area contributed by atoms with Crippen LogP contribution in [0.25, 0.3) is 0 Å². The molecule has 0 radical (unpaired) electrons. The minimum atomic E-state index is 0.0938. The van der Waals surface area contributed by atoms with Crippen molar-refractivity contribution in [2.45, 2.75) is 39.3 Å². The number of carbonyl (C=O) groups excluding carboxylic acids is 1. The topological polar surface area (TPSA) is 42.0 Å². The molecule has 0 aromatic rings. The zero-order chi connectivity index (χ0) is 14.4. The van der Waals surface area contributed by atoms with E-state index < -0.39 is 0 Å². The van der Waals surface area contributed by atoms with Gasteiger partial charge in [-0.15, -0.1) is 0 Å². The molecule has 5 heteroatoms. The summed E-state index contributed by atoms with van der Waals surface area (Å²) < 4.78 is 10.6. The van der Waals surface area contributed by atoms with Gasteiger partial charge in [0.05, 0.1) is 18.8 Å². The van der Waals surface area contributed by atoms with Gasteiger partial charge in [0.25, 0.3) is 0 Å². The summed E-state index contributed by atoms with van der Waals surface area (Å²) in [5, 5.41) is 0. The molecular formula is C14H28N2O3. The van der Waals surface area contributed by atoms with E-state index in [2.05, 4.69) is 20.8 Å². The van der Waals surface area contributed by atoms with Gasteiger partial charge in [-0.1, -0.05) is 20.8 Å². The standard InChI is InChI=1S/C14H28N2O3/c1-6-12(13(19-5)11(2)3)16-8-7-15(14(16)17)9-10-18-4/h11-13H,6-10H2,1-5H3. The first-order valence-electron chi connectivity index (χ1n) is 7.14. The Morgan fingerprint density at radius 2 is 1.95 bits per heavy atom. The number of hydrogen-bond donors (Lipinski definition) is 0. The van der Waals surface area contributed by atoms with E-state index in [0.717, 1.165) is 19.5 Å². The first kappa shape index (κ1) is 16.2. The maximum Gasteiger partial charge on any atom is 0.320 e. The van der Waals surface area contributed by atoms with E-state index in [-0.39, 0.29) is 18.2 Å². The van der Waals surface area contributed by atoms with Gasteiger partial charge in [-0.05, 0) is 12.3 Å². The van der Waals surface area contributed by atoms with Gasteiger partial charge < -0.3 is 19.3 Å². The largest absolute Gasteiger partial charge is 0.383 e. The van der Waals surface area contributed by atoms with E-state index >= 15 is 0 Å². The molecule has 1 aliphatic heterocycles. The highest BCUT2D eigenvalue weighted by atomic mass is 16.5. The summed E-state index contributed by atoms with van der Waals surface area (Å²) in [5.41, 5.74) is 0. The molecule has 1 heterocycles. The Balaban J connectivity index is 2.69. The highest BCUT2D eigenvalue weighted by molar-refractivity contribution is 5.77. The van der Waals surface area contributed by atoms with E-state index in [0.29, 0.717) is 19.1 Å². The Labute approximate surface area is 116 Å². The molecule has 2 amide bonds. The number of ether oxygens (including phenoxy) is 2. The van der Waals surface area contributed by atoms with Crippen LogP contribution in [0.15, 0.2) is 0 Å². The van der Waals surface area contributed by atoms with E-state index in [4.69, 9.17) is 9.47 Å². The first-order chi connectivity index (χ1) is 9.06. The Morgan fingerprint density at radius 1 is 1.26 bits per heavy atom. The van der Waals surface area contributed by atoms with Crippen LogP contribution in [-0.4, -0.2) is 68.4 Å². The van der Waals surface area contributed by atoms with Gasteiger partial charge in [0.15, 0.2) is 0 Å². The van der Waals surface area contributed by atoms with Crippen molar-refractivity contribution in [3.05, 3.63) is 0 Å². The number of hydrogen-bond acceptors (Lipinski definition) is 3. The van der Waals surface area contributed by atoms with Crippen molar-refractivity contribution in [1.82, 2.24) is 9.80 Å². The molecule has 0 N–H and O–H groups in total. The smallest absolute Gasteiger partial charge is 0.320 e. The summed E-state index contributed by atoms with van der Waals surface area (Å²) in [6.45, 7) is 9.22. The predicted molar refractivity (Wildman–Crippen MR) is 75.3 cm³/mol. The van der Waals surface area contributed by atoms with Crippen molar-refractivity contribution < 1.29 is 14.3 Å². The minimum Gasteiger partial charge on any atom is -0.383 e. The van der Waals surface area contributed by atoms with Crippen LogP contribution >= 0.6 is 0 Å². The summed E-state index contributed by atoms with van der Waals surface area (Å²) in [5.74, 6) is 0.399. The third-order valence-electron chi connectivity index (χ3n) is 3.82. The molecule has 19 heavy (non-hydrogen) atoms. The van der Waals surface area contributed by atoms with Crippen LogP contribution < -0.4 is 0 Å². The van der Waals surface area contributed by atoms with Gasteiger partial charge in [-0.2, -0.15) is 0 Å². The van der Waals surface area contributed by atoms with Crippen molar-refractivity contribution in [2.24, 2.45) is 5.92 Å². The van der Waals surface area contributed by atoms with Crippen molar-refractivity contribution in [2.75, 3.05) is 40.5 Å². The van der Waals surface area contributed by atoms with Crippen LogP contribution in [0.1, 0.15) is 27.2 Å². The van der Waals surface area contributed by atoms with Crippen molar-refractivity contribution in [1.29, 1.82) is 0 Å². The van der Waals surface area contributed by atoms with Crippen LogP contribution in [0.3, 0.4) is 0 Å². The molecule has 0 aromatic carbocycles. The summed E-state index contributed by atoms with van der Waals surface area (Å²) in [6.07, 6.45) is 1.01. The molecular weight excluding hydrogens is 244 g/mol. The number of methoxy groups -OCH3 is 2. The third kappa shape index (κ3) is 3.83. The normalized spacial score (nSPS) is 19.4. The molecule has 0 aliphatic carbocycles. The summed E-state index contributed by atoms with van der Waals surface area (Å²) in [4.78, 5) is 16.2. The number of carbonyl (C=O) groups is 1. The highest BCUT2D eigenvalue weighted by Gasteiger charge is 2.37. The monoisotopic (exact) mass is 272 g/mol. The summed E-state index contributed by atoms with van der Waals surface area (Å²) in [7, 11) is 3.39. The van der Waals surface area contributed by atoms with Gasteiger partial charge in [0.2, 0.25) is 0 Å². The Morgan fingerprint density at radius 3 is 2.42 bits per heavy atom. The quantitative estimate of drug-likeness (QED) is 0.677. The van der Waals surface area contributed by atoms with Gasteiger partial charge in [0, 0.05) is 33.9 Å². The molecule has 2 unspecified atom stereocenters. The molecule has 0 saturated carbocycles. The zero-order valence-corrected chi connectivity index (χ0v) is 12.9. The van der Waals surface area contributed by atoms with Gasteiger partial charge in [0.1, 0.15) is 0 Å². The molecule has 0 bridgehead atoms. The van der Waals surface area contributed by atoms with Gasteiger partial charge >= 0.3 is 6.03 Å². The average Bonchev–Trinajstić information content (AvgIpc) is 2.74. The highest BCUT2D eigenvalue weighted by Crippen LogP contribution is 2.22. The van der Waals surface area contributed by atoms with Gasteiger partial charge in [-0.25, -0.2) is 4.79 Å². The lowest BCUT2D eigenvalue weighted by Gasteiger charge is -2.35. The molecule has 0 aromatic heterocycles. The molecule has 1 aliphatic rings. The Hall–Kier alpha value is -0.810. The lowest BCUT2D eigenvalue weighted by atomic mass is 9.96. The van der Waals surface area contributed by atoms with E-state index in [1.807, 2.05) is 9.80 Å². The third-order valence-corrected chi connectivity index (χ3v) is 3.82. The Bertz CT molecular complexity index is 284. The SMILES string of the molecule is CCC(C(OC)C(C)C)N1CCN(CCOC)C1=O. The molecule has 1 saturated heterocycles. The van der Waals surface area contributed by atoms with Crippen LogP contribution in [-0.2, 0) is 9.47 Å². The lowest BCUT2D eigenvalue weighted by Crippen LogP contribution is -2.48. The Kier molecular flexibility index (Phi) is 6.58. The fraction of sp³-hybridized carbons (Fsp3) is 0.929. The van der Waals surface area contributed by atoms with E-state index in [9.17, 15) is 4.79 Å². The lowest BCUT2D eigenvalue weighted by molar-refractivity contribution is 0.00183. The average molecular weight is 272 g/mol. The van der Waals surface area contributed by atoms with Crippen molar-refractivity contribution >= 4 is 6.03 Å². The first-order valence-corrected chi connectivity index (χ1v) is 7.14. The molecule has 1 rings (SSSR count). The molecule has 1 fully saturated rings. The van der Waals surface area contributed by atoms with E-state index in [1.165, 1.54) is 0 Å². The zero-order valence-electron chi connectivity index (χ0n) is 12.9. The maximum atomic E-state index is 12.4. The van der Waals surface area contributed by atoms with Crippen LogP contribution in [0, 0.1) is 5.92 Å². The predicted octanol–water partition coefficient (Wildman–Crippen LogP) is 1.82. The van der Waals surface area contributed by atoms with Gasteiger partial charge in [-0.3, -0.25) is 0 Å². The second-order valence-electron chi connectivity index (χ2n) is 5.38. The maximum absolute atomic E-state index is 12.4. The van der Waals surface area contributed by atoms with Crippen LogP contribution in [0.2, 0.25) is 0 Å². The number of nitrogens with zero attached hydrogens (tertiary/aromatic N) is 2. The number of amides is 2. The van der Waals surface area contributed by atoms with E-state index in [1.54, 1.807) is 14.2 Å². The molecule has 2 atom stereocenters. The number of rotatable bonds is 8. The van der Waals surface area contributed by atoms with Crippen molar-refractivity contribution in [3.8, 4) is 0 Å². The minimum absolute atomic E-state index is 0.0938. The van der Waals surface area contributed by atoms with Crippen LogP contribution in [0.5, 0.6) is 0 Å². The number of urea groups is 1. The fourth-order valence-corrected chi connectivity index (χ4v) is 2.82. The second-order valence-corrected chi connectivity index (χ2v) is 5.38. The van der Waals surface area contributed by atoms with Crippen LogP contribution in [0.4, 0.5) is 4.79 Å². The van der Waals surface area contributed by atoms with Crippen molar-refractivity contribution in [3.63, 3.8) is 0 Å². The summed E-state index contributed by atoms with van der Waals surface area (Å²) in [6, 6.07) is 0.275. The fourth-order valence-electron chi connectivity index (χ4n) is 2.82. The molecule has 0 spiro atoms. The summed E-state index contributed by atoms with van der Waals surface area (Å²) >= 11 is 0.